The van der Waals surface area contributed by atoms with Crippen molar-refractivity contribution in [2.75, 3.05) is 30.3 Å². The van der Waals surface area contributed by atoms with Gasteiger partial charge in [-0.25, -0.2) is 9.50 Å². The molecule has 0 radical (unpaired) electrons. The lowest BCUT2D eigenvalue weighted by atomic mass is 9.92. The number of carbonyl (C=O) groups excluding carboxylic acids is 1. The summed E-state index contributed by atoms with van der Waals surface area (Å²) in [5.41, 5.74) is 14.1. The lowest BCUT2D eigenvalue weighted by molar-refractivity contribution is -0.135. The van der Waals surface area contributed by atoms with Gasteiger partial charge in [0.1, 0.15) is 11.8 Å². The van der Waals surface area contributed by atoms with Crippen molar-refractivity contribution in [2.24, 2.45) is 5.92 Å². The predicted molar refractivity (Wildman–Crippen MR) is 174 cm³/mol. The molecule has 1 amide bonds. The normalized spacial score (nSPS) is 17.5. The van der Waals surface area contributed by atoms with Crippen LogP contribution in [0.1, 0.15) is 68.4 Å². The number of aromatic nitrogens is 4. The molecule has 9 nitrogen and oxygen atoms in total. The number of pyridine rings is 1. The Hall–Kier alpha value is -4.66. The van der Waals surface area contributed by atoms with Gasteiger partial charge >= 0.3 is 0 Å². The van der Waals surface area contributed by atoms with Gasteiger partial charge in [-0.15, -0.1) is 0 Å². The summed E-state index contributed by atoms with van der Waals surface area (Å²) in [5, 5.41) is 4.61. The highest BCUT2D eigenvalue weighted by molar-refractivity contribution is 5.90. The maximum Gasteiger partial charge on any atom is 0.225 e. The van der Waals surface area contributed by atoms with Crippen molar-refractivity contribution in [3.05, 3.63) is 94.3 Å². The summed E-state index contributed by atoms with van der Waals surface area (Å²) in [6.45, 7) is 8.14. The lowest BCUT2D eigenvalue weighted by Crippen LogP contribution is -2.40. The van der Waals surface area contributed by atoms with Gasteiger partial charge in [-0.2, -0.15) is 5.10 Å². The molecule has 226 valence electrons. The zero-order valence-corrected chi connectivity index (χ0v) is 25.6. The van der Waals surface area contributed by atoms with E-state index in [1.807, 2.05) is 41.6 Å². The Labute approximate surface area is 257 Å². The average molecular weight is 590 g/mol. The molecule has 1 aromatic carbocycles. The molecule has 2 aliphatic heterocycles. The van der Waals surface area contributed by atoms with Crippen molar-refractivity contribution in [1.29, 1.82) is 0 Å². The van der Waals surface area contributed by atoms with Crippen molar-refractivity contribution >= 4 is 28.6 Å². The highest BCUT2D eigenvalue weighted by Gasteiger charge is 2.30. The Morgan fingerprint density at radius 3 is 2.50 bits per heavy atom. The number of nitrogens with two attached hydrogens (primary N) is 1. The van der Waals surface area contributed by atoms with E-state index in [0.717, 1.165) is 83.8 Å². The molecule has 4 aromatic rings. The van der Waals surface area contributed by atoms with E-state index in [1.54, 1.807) is 6.07 Å². The van der Waals surface area contributed by atoms with Crippen LogP contribution < -0.4 is 16.1 Å². The quantitative estimate of drug-likeness (QED) is 0.316. The van der Waals surface area contributed by atoms with Crippen molar-refractivity contribution < 1.29 is 4.79 Å². The molecule has 2 fully saturated rings. The Bertz CT molecular complexity index is 1850. The topological polar surface area (TPSA) is 102 Å². The lowest BCUT2D eigenvalue weighted by Gasteiger charge is -2.33. The number of nitrogens with zero attached hydrogens (tertiary/aromatic N) is 6. The molecule has 9 heteroatoms. The first-order valence-electron chi connectivity index (χ1n) is 15.7. The summed E-state index contributed by atoms with van der Waals surface area (Å²) in [5.74, 6) is 0.931. The van der Waals surface area contributed by atoms with Crippen LogP contribution in [0, 0.1) is 12.8 Å². The highest BCUT2D eigenvalue weighted by Crippen LogP contribution is 2.39. The minimum Gasteiger partial charge on any atom is -0.382 e. The maximum absolute atomic E-state index is 13.2. The number of fused-ring (bicyclic) bond motifs is 1. The van der Waals surface area contributed by atoms with E-state index in [1.165, 1.54) is 6.33 Å². The molecular formula is C35H39N7O2. The number of anilines is 2. The van der Waals surface area contributed by atoms with Gasteiger partial charge in [-0.3, -0.25) is 9.59 Å². The van der Waals surface area contributed by atoms with Crippen LogP contribution in [0.3, 0.4) is 0 Å². The number of piperidine rings is 1. The molecule has 0 unspecified atom stereocenters. The molecule has 1 saturated heterocycles. The van der Waals surface area contributed by atoms with Gasteiger partial charge in [0.15, 0.2) is 11.2 Å². The molecule has 3 aliphatic rings. The third-order valence-corrected chi connectivity index (χ3v) is 9.37. The van der Waals surface area contributed by atoms with E-state index in [4.69, 9.17) is 5.73 Å². The summed E-state index contributed by atoms with van der Waals surface area (Å²) >= 11 is 0. The van der Waals surface area contributed by atoms with Crippen LogP contribution in [-0.2, 0) is 4.79 Å². The molecule has 2 N–H and O–H groups in total. The van der Waals surface area contributed by atoms with E-state index < -0.39 is 0 Å². The second-order valence-corrected chi connectivity index (χ2v) is 12.6. The number of carbonyl (C=O) groups is 1. The number of nitrogen functional groups attached to an aromatic ring is 1. The van der Waals surface area contributed by atoms with Crippen LogP contribution in [0.15, 0.2) is 71.9 Å². The largest absolute Gasteiger partial charge is 0.382 e. The fraction of sp³-hybridized carbons (Fsp3) is 0.371. The zero-order valence-electron chi connectivity index (χ0n) is 25.6. The molecule has 1 aliphatic carbocycles. The third kappa shape index (κ3) is 4.90. The maximum atomic E-state index is 13.2. The van der Waals surface area contributed by atoms with Gasteiger partial charge in [0, 0.05) is 72.4 Å². The molecule has 5 heterocycles. The van der Waals surface area contributed by atoms with Crippen molar-refractivity contribution in [1.82, 2.24) is 24.1 Å². The van der Waals surface area contributed by atoms with Crippen molar-refractivity contribution in [3.8, 4) is 11.1 Å². The summed E-state index contributed by atoms with van der Waals surface area (Å²) < 4.78 is 4.20. The predicted octanol–water partition coefficient (Wildman–Crippen LogP) is 5.56. The Balaban J connectivity index is 1.20. The van der Waals surface area contributed by atoms with Gasteiger partial charge in [-0.05, 0) is 62.4 Å². The van der Waals surface area contributed by atoms with Gasteiger partial charge in [-0.1, -0.05) is 38.1 Å². The van der Waals surface area contributed by atoms with Crippen molar-refractivity contribution in [3.63, 3.8) is 0 Å². The fourth-order valence-electron chi connectivity index (χ4n) is 6.87. The van der Waals surface area contributed by atoms with E-state index in [9.17, 15) is 9.59 Å². The van der Waals surface area contributed by atoms with Crippen LogP contribution in [-0.4, -0.2) is 49.6 Å². The number of hydrogen-bond donors (Lipinski definition) is 1. The molecule has 0 bridgehead atoms. The van der Waals surface area contributed by atoms with E-state index in [2.05, 4.69) is 62.9 Å². The number of hydrogen-bond acceptors (Lipinski definition) is 6. The standard InChI is InChI=1S/C35H39N7O2/c1-22(2)35(44)39-17-13-25(14-18-39)30-20-28(33-34(36)37-21-38-42(30)33)24-7-9-27(10-8-24)41-16-5-4-6-29(41)32-23(3)40(26-11-12-26)19-15-31(32)43/h4-10,15,19-22,25-26H,11-14,16-18H2,1-3H3,(H2,36,37,38). The molecule has 3 aromatic heterocycles. The van der Waals surface area contributed by atoms with Gasteiger partial charge < -0.3 is 20.1 Å². The van der Waals surface area contributed by atoms with Gasteiger partial charge in [0.2, 0.25) is 5.91 Å². The Kier molecular flexibility index (Phi) is 7.11. The second-order valence-electron chi connectivity index (χ2n) is 12.6. The second kappa shape index (κ2) is 11.1. The van der Waals surface area contributed by atoms with E-state index in [0.29, 0.717) is 18.4 Å². The number of amides is 1. The van der Waals surface area contributed by atoms with E-state index in [-0.39, 0.29) is 23.2 Å². The van der Waals surface area contributed by atoms with Crippen molar-refractivity contribution in [2.45, 2.75) is 58.4 Å². The first kappa shape index (κ1) is 28.1. The molecule has 0 spiro atoms. The molecular weight excluding hydrogens is 550 g/mol. The van der Waals surface area contributed by atoms with Crippen LogP contribution in [0.2, 0.25) is 0 Å². The van der Waals surface area contributed by atoms with Crippen LogP contribution in [0.4, 0.5) is 11.5 Å². The SMILES string of the molecule is Cc1c(C2=CC=CCN2c2ccc(-c3cc(C4CCN(C(=O)C(C)C)CC4)n4ncnc(N)c34)cc2)c(=O)ccn1C1CC1. The number of benzene rings is 1. The number of allylic oxidation sites excluding steroid dienone is 2. The molecule has 44 heavy (non-hydrogen) atoms. The van der Waals surface area contributed by atoms with Crippen LogP contribution in [0.5, 0.6) is 0 Å². The first-order chi connectivity index (χ1) is 21.3. The summed E-state index contributed by atoms with van der Waals surface area (Å²) in [6, 6.07) is 12.8. The van der Waals surface area contributed by atoms with Crippen LogP contribution in [0.25, 0.3) is 22.3 Å². The number of rotatable bonds is 6. The van der Waals surface area contributed by atoms with Gasteiger partial charge in [0.05, 0.1) is 11.3 Å². The Morgan fingerprint density at radius 2 is 1.80 bits per heavy atom. The van der Waals surface area contributed by atoms with E-state index >= 15 is 0 Å². The first-order valence-corrected chi connectivity index (χ1v) is 15.7. The smallest absolute Gasteiger partial charge is 0.225 e. The summed E-state index contributed by atoms with van der Waals surface area (Å²) in [4.78, 5) is 34.2. The average Bonchev–Trinajstić information content (AvgIpc) is 3.80. The minimum atomic E-state index is 0.00787. The highest BCUT2D eigenvalue weighted by atomic mass is 16.2. The minimum absolute atomic E-state index is 0.00787. The number of likely N-dealkylation sites (tertiary alicyclic amines) is 1. The van der Waals surface area contributed by atoms with Crippen LogP contribution >= 0.6 is 0 Å². The fourth-order valence-corrected chi connectivity index (χ4v) is 6.87. The molecule has 0 atom stereocenters. The summed E-state index contributed by atoms with van der Waals surface area (Å²) in [6.07, 6.45) is 13.7. The summed E-state index contributed by atoms with van der Waals surface area (Å²) in [7, 11) is 0. The van der Waals surface area contributed by atoms with Gasteiger partial charge in [0.25, 0.3) is 0 Å². The monoisotopic (exact) mass is 589 g/mol. The third-order valence-electron chi connectivity index (χ3n) is 9.37. The Morgan fingerprint density at radius 1 is 1.05 bits per heavy atom. The zero-order chi connectivity index (χ0) is 30.5. The molecule has 7 rings (SSSR count). The molecule has 1 saturated carbocycles.